The summed E-state index contributed by atoms with van der Waals surface area (Å²) < 4.78 is 0. The Labute approximate surface area is 538 Å². The number of allylic oxidation sites excluding steroid dienone is 3. The van der Waals surface area contributed by atoms with Crippen molar-refractivity contribution in [2.75, 3.05) is 78.5 Å². The molecule has 0 bridgehead atoms. The normalized spacial score (nSPS) is 19.6. The molecule has 27 nitrogen and oxygen atoms in total. The fraction of sp³-hybridized carbons (Fsp3) is 0.719. The lowest BCUT2D eigenvalue weighted by Crippen LogP contribution is -2.46. The topological polar surface area (TPSA) is 324 Å². The van der Waals surface area contributed by atoms with Crippen LogP contribution in [0.2, 0.25) is 0 Å². The van der Waals surface area contributed by atoms with E-state index in [-0.39, 0.29) is 192 Å². The number of hydroxylamine groups is 6. The van der Waals surface area contributed by atoms with Crippen molar-refractivity contribution >= 4 is 71.1 Å². The van der Waals surface area contributed by atoms with Crippen molar-refractivity contribution in [2.24, 2.45) is 16.2 Å². The van der Waals surface area contributed by atoms with Gasteiger partial charge in [0.25, 0.3) is 17.7 Å². The van der Waals surface area contributed by atoms with E-state index in [9.17, 15) is 57.5 Å². The maximum atomic E-state index is 12.5. The second-order valence-electron chi connectivity index (χ2n) is 27.1. The van der Waals surface area contributed by atoms with E-state index in [0.717, 1.165) is 93.0 Å². The van der Waals surface area contributed by atoms with Gasteiger partial charge in [0, 0.05) is 97.4 Å². The van der Waals surface area contributed by atoms with Gasteiger partial charge in [0.1, 0.15) is 0 Å². The van der Waals surface area contributed by atoms with Gasteiger partial charge >= 0.3 is 17.9 Å². The number of rotatable bonds is 27. The number of amides is 9. The summed E-state index contributed by atoms with van der Waals surface area (Å²) in [5.41, 5.74) is 1.74. The van der Waals surface area contributed by atoms with Gasteiger partial charge in [-0.2, -0.15) is 0 Å². The van der Waals surface area contributed by atoms with Crippen molar-refractivity contribution in [2.45, 2.75) is 203 Å². The highest BCUT2D eigenvalue weighted by atomic mass is 16.7. The predicted molar refractivity (Wildman–Crippen MR) is 339 cm³/mol. The molecule has 6 rings (SSSR count). The van der Waals surface area contributed by atoms with Crippen LogP contribution in [0.5, 0.6) is 0 Å². The molecule has 0 radical (unpaired) electrons. The monoisotopic (exact) mass is 1310 g/mol. The van der Waals surface area contributed by atoms with E-state index in [1.54, 1.807) is 0 Å². The molecule has 6 heterocycles. The van der Waals surface area contributed by atoms with Crippen LogP contribution in [-0.4, -0.2) is 198 Å². The first-order valence-electron chi connectivity index (χ1n) is 31.7. The summed E-state index contributed by atoms with van der Waals surface area (Å²) in [5, 5.41) is 19.1. The first-order valence-corrected chi connectivity index (χ1v) is 31.7. The second-order valence-corrected chi connectivity index (χ2v) is 27.1. The summed E-state index contributed by atoms with van der Waals surface area (Å²) in [4.78, 5) is 165. The first-order chi connectivity index (χ1) is 42.2. The van der Waals surface area contributed by atoms with Crippen molar-refractivity contribution in [1.29, 1.82) is 0 Å². The summed E-state index contributed by atoms with van der Waals surface area (Å²) in [6, 6.07) is -0.402. The molecular weight excluding hydrogens is 1200 g/mol. The number of hydrogen-bond acceptors (Lipinski definition) is 18. The highest BCUT2D eigenvalue weighted by Gasteiger charge is 2.37. The predicted octanol–water partition coefficient (Wildman–Crippen LogP) is 3.95. The van der Waals surface area contributed by atoms with Gasteiger partial charge < -0.3 is 46.4 Å². The molecule has 3 unspecified atom stereocenters. The summed E-state index contributed by atoms with van der Waals surface area (Å²) in [6.45, 7) is 36.7. The van der Waals surface area contributed by atoms with Crippen LogP contribution in [-0.2, 0) is 72.0 Å². The zero-order valence-corrected chi connectivity index (χ0v) is 54.9. The average Bonchev–Trinajstić information content (AvgIpc) is 2.08. The molecule has 6 N–H and O–H groups in total. The molecule has 0 aliphatic carbocycles. The Balaban J connectivity index is 0.000000354. The Bertz CT molecular complexity index is 2280. The lowest BCUT2D eigenvalue weighted by atomic mass is 10.3. The largest absolute Gasteiger partial charge is 0.355 e. The SMILES string of the molecule is C.C=C1CCC(=O)N1OC(=O)CCNC(=O)CCNC(=O)[13CH]1[13CH2][13CH2][13CH2][15N]1[13CH2]C([13CH3])([13CH3])[13CH3].C=C1CCC(=O)N1OC(=O)CCNC(=O)CC[15NH]C(=O)[13CH]1[13CH2][13CH2][13CH2][15N]1[13CH2]C([13CH3])([13CH3])[13CH3].C=C1CCC(=O)N1OC(=O)CCN[13C](=O)CCNC(=O)[13CH]1[13CH2][13CH2][13CH2][15N]1[13CH2]C(C)([13CH3])[13CH3]. The molecule has 91 heavy (non-hydrogen) atoms. The summed E-state index contributed by atoms with van der Waals surface area (Å²) in [6.07, 6.45) is 8.01. The lowest BCUT2D eigenvalue weighted by molar-refractivity contribution is -0.186. The van der Waals surface area contributed by atoms with E-state index >= 15 is 0 Å². The van der Waals surface area contributed by atoms with Crippen molar-refractivity contribution in [3.63, 3.8) is 0 Å². The minimum absolute atomic E-state index is 0. The number of carbonyl (C=O) groups is 12. The van der Waals surface area contributed by atoms with Crippen LogP contribution in [0.3, 0.4) is 0 Å². The van der Waals surface area contributed by atoms with Gasteiger partial charge in [-0.15, -0.1) is 15.2 Å². The highest BCUT2D eigenvalue weighted by molar-refractivity contribution is 5.86. The Hall–Kier alpha value is -7.26. The van der Waals surface area contributed by atoms with Crippen LogP contribution in [0.15, 0.2) is 36.8 Å². The van der Waals surface area contributed by atoms with Crippen LogP contribution < -0.4 is 31.9 Å². The number of nitrogens with zero attached hydrogens (tertiary/aromatic N) is 6. The minimum Gasteiger partial charge on any atom is -0.355 e. The number of hydrogen-bond donors (Lipinski definition) is 6. The van der Waals surface area contributed by atoms with Crippen molar-refractivity contribution in [1.82, 2.24) is 61.8 Å². The van der Waals surface area contributed by atoms with Crippen LogP contribution in [0.4, 0.5) is 0 Å². The quantitative estimate of drug-likeness (QED) is 0.0501. The standard InChI is InChI=1S/3C21H34N4O5.CH4/c3*1-15-7-8-18(27)25(15)30-19(28)10-12-22-17(26)9-11-23-20(29)16-6-5-13-24(16)14-21(2,3)4;/h3*16H,1,5-14H2,2-4H3,(H,22,26)(H,23,29);1H4/i2+1,3+1,4+1,5+1,6+1,13+1,14+1,16+1,23+1,24+1;2+1,3+1,5+1,6+1,13+1,14+1,16+1,17+1,24+1;2+1,3+1,4+1,5+1,6+1,13+1,14+1,16+1,24+1;. The van der Waals surface area contributed by atoms with E-state index in [1.807, 2.05) is 0 Å². The van der Waals surface area contributed by atoms with Crippen LogP contribution >= 0.6 is 0 Å². The zero-order chi connectivity index (χ0) is 66.9. The van der Waals surface area contributed by atoms with Gasteiger partial charge in [-0.1, -0.05) is 89.5 Å². The molecule has 0 aromatic heterocycles. The van der Waals surface area contributed by atoms with Gasteiger partial charge in [-0.05, 0) is 93.7 Å². The fourth-order valence-electron chi connectivity index (χ4n) is 10.9. The Morgan fingerprint density at radius 3 is 0.824 bits per heavy atom. The average molecular weight is 1310 g/mol. The van der Waals surface area contributed by atoms with Gasteiger partial charge in [0.15, 0.2) is 0 Å². The fourth-order valence-corrected chi connectivity index (χ4v) is 10.9. The van der Waals surface area contributed by atoms with Gasteiger partial charge in [-0.3, -0.25) is 57.9 Å². The molecule has 6 saturated heterocycles. The maximum absolute atomic E-state index is 12.5. The Morgan fingerprint density at radius 1 is 0.385 bits per heavy atom. The third kappa shape index (κ3) is 28.8. The summed E-state index contributed by atoms with van der Waals surface area (Å²) in [5.74, 6) is -3.62. The van der Waals surface area contributed by atoms with E-state index in [4.69, 9.17) is 14.5 Å². The molecule has 9 amide bonds. The number of carbonyl (C=O) groups excluding carboxylic acids is 12. The maximum Gasteiger partial charge on any atom is 0.334 e. The zero-order valence-electron chi connectivity index (χ0n) is 54.9. The molecule has 0 aromatic carbocycles. The molecule has 0 saturated carbocycles. The third-order valence-corrected chi connectivity index (χ3v) is 14.9. The lowest BCUT2D eigenvalue weighted by Gasteiger charge is -2.30. The molecule has 512 valence electrons. The first kappa shape index (κ1) is 78.0. The third-order valence-electron chi connectivity index (χ3n) is 14.9. The molecule has 0 spiro atoms. The van der Waals surface area contributed by atoms with Crippen molar-refractivity contribution in [3.8, 4) is 0 Å². The molecule has 6 aliphatic heterocycles. The molecule has 3 atom stereocenters. The smallest absolute Gasteiger partial charge is 0.334 e. The van der Waals surface area contributed by atoms with Crippen LogP contribution in [0, 0.1) is 16.2 Å². The summed E-state index contributed by atoms with van der Waals surface area (Å²) in [7, 11) is 0. The highest BCUT2D eigenvalue weighted by Crippen LogP contribution is 2.28. The number of likely N-dealkylation sites (tertiary alicyclic amines) is 3. The minimum atomic E-state index is -0.611. The van der Waals surface area contributed by atoms with E-state index in [1.165, 1.54) is 0 Å². The Kier molecular flexibility index (Phi) is 32.0. The van der Waals surface area contributed by atoms with Gasteiger partial charge in [0.2, 0.25) is 35.4 Å². The second kappa shape index (κ2) is 37.3. The van der Waals surface area contributed by atoms with E-state index in [0.29, 0.717) is 36.4 Å². The number of nitrogens with one attached hydrogen (secondary N) is 6. The summed E-state index contributed by atoms with van der Waals surface area (Å²) >= 11 is 0. The van der Waals surface area contributed by atoms with Crippen LogP contribution in [0.1, 0.15) is 185 Å². The van der Waals surface area contributed by atoms with Gasteiger partial charge in [0.05, 0.1) is 54.5 Å². The van der Waals surface area contributed by atoms with Crippen molar-refractivity contribution in [3.05, 3.63) is 36.8 Å². The van der Waals surface area contributed by atoms with E-state index < -0.39 is 17.9 Å². The van der Waals surface area contributed by atoms with Gasteiger partial charge in [-0.25, -0.2) is 14.4 Å². The molecular formula is C64H106N12O15. The molecule has 6 aliphatic rings. The van der Waals surface area contributed by atoms with Crippen LogP contribution in [0.25, 0.3) is 0 Å². The Morgan fingerprint density at radius 2 is 0.615 bits per heavy atom. The van der Waals surface area contributed by atoms with E-state index in [2.05, 4.69) is 129 Å². The van der Waals surface area contributed by atoms with Crippen molar-refractivity contribution < 1.29 is 72.0 Å². The molecule has 6 fully saturated rings. The molecule has 0 aromatic rings. The molecule has 27 heteroatoms.